The number of aromatic nitrogens is 2. The van der Waals surface area contributed by atoms with Gasteiger partial charge in [0.05, 0.1) is 18.2 Å². The molecular formula is C16H23N3. The molecular weight excluding hydrogens is 234 g/mol. The monoisotopic (exact) mass is 257 g/mol. The maximum absolute atomic E-state index is 4.31. The summed E-state index contributed by atoms with van der Waals surface area (Å²) in [6.07, 6.45) is 4.91. The SMILES string of the molecule is CNCCc1cccc(-c2cncn2C(C)(C)C)c1. The van der Waals surface area contributed by atoms with E-state index in [0.29, 0.717) is 0 Å². The average Bonchev–Trinajstić information content (AvgIpc) is 2.86. The standard InChI is InChI=1S/C16H23N3/c1-16(2,3)19-12-18-11-15(19)14-7-5-6-13(10-14)8-9-17-4/h5-7,10-12,17H,8-9H2,1-4H3. The van der Waals surface area contributed by atoms with E-state index in [1.807, 2.05) is 19.6 Å². The van der Waals surface area contributed by atoms with Gasteiger partial charge in [0.25, 0.3) is 0 Å². The number of likely N-dealkylation sites (N-methyl/N-ethyl adjacent to an activating group) is 1. The molecule has 19 heavy (non-hydrogen) atoms. The van der Waals surface area contributed by atoms with E-state index < -0.39 is 0 Å². The Morgan fingerprint density at radius 2 is 2.05 bits per heavy atom. The van der Waals surface area contributed by atoms with Crippen LogP contribution in [0.1, 0.15) is 26.3 Å². The van der Waals surface area contributed by atoms with Crippen molar-refractivity contribution in [3.63, 3.8) is 0 Å². The van der Waals surface area contributed by atoms with E-state index in [1.54, 1.807) is 0 Å². The van der Waals surface area contributed by atoms with E-state index in [4.69, 9.17) is 0 Å². The van der Waals surface area contributed by atoms with E-state index in [2.05, 4.69) is 59.9 Å². The van der Waals surface area contributed by atoms with Crippen LogP contribution in [0.15, 0.2) is 36.8 Å². The van der Waals surface area contributed by atoms with Crippen molar-refractivity contribution in [1.82, 2.24) is 14.9 Å². The van der Waals surface area contributed by atoms with E-state index in [-0.39, 0.29) is 5.54 Å². The number of imidazole rings is 1. The van der Waals surface area contributed by atoms with Gasteiger partial charge in [-0.15, -0.1) is 0 Å². The molecule has 0 bridgehead atoms. The second-order valence-electron chi connectivity index (χ2n) is 5.87. The van der Waals surface area contributed by atoms with Gasteiger partial charge in [-0.25, -0.2) is 4.98 Å². The minimum atomic E-state index is 0.0484. The van der Waals surface area contributed by atoms with Crippen molar-refractivity contribution < 1.29 is 0 Å². The number of benzene rings is 1. The van der Waals surface area contributed by atoms with Crippen molar-refractivity contribution in [3.05, 3.63) is 42.4 Å². The molecule has 1 heterocycles. The van der Waals surface area contributed by atoms with Gasteiger partial charge < -0.3 is 9.88 Å². The summed E-state index contributed by atoms with van der Waals surface area (Å²) in [5.74, 6) is 0. The zero-order valence-corrected chi connectivity index (χ0v) is 12.3. The second kappa shape index (κ2) is 5.57. The number of hydrogen-bond acceptors (Lipinski definition) is 2. The van der Waals surface area contributed by atoms with Crippen LogP contribution in [0.25, 0.3) is 11.3 Å². The second-order valence-corrected chi connectivity index (χ2v) is 5.87. The van der Waals surface area contributed by atoms with Crippen LogP contribution in [0.2, 0.25) is 0 Å². The molecule has 0 aliphatic rings. The van der Waals surface area contributed by atoms with Crippen LogP contribution in [-0.2, 0) is 12.0 Å². The number of rotatable bonds is 4. The van der Waals surface area contributed by atoms with Gasteiger partial charge >= 0.3 is 0 Å². The summed E-state index contributed by atoms with van der Waals surface area (Å²) in [4.78, 5) is 4.31. The van der Waals surface area contributed by atoms with Gasteiger partial charge in [0, 0.05) is 11.1 Å². The highest BCUT2D eigenvalue weighted by atomic mass is 15.1. The predicted octanol–water partition coefficient (Wildman–Crippen LogP) is 3.07. The molecule has 0 aliphatic heterocycles. The lowest BCUT2D eigenvalue weighted by atomic mass is 10.0. The van der Waals surface area contributed by atoms with Crippen molar-refractivity contribution in [2.75, 3.05) is 13.6 Å². The van der Waals surface area contributed by atoms with Crippen LogP contribution in [-0.4, -0.2) is 23.1 Å². The van der Waals surface area contributed by atoms with Gasteiger partial charge in [-0.3, -0.25) is 0 Å². The smallest absolute Gasteiger partial charge is 0.0955 e. The van der Waals surface area contributed by atoms with Gasteiger partial charge in [-0.2, -0.15) is 0 Å². The Balaban J connectivity index is 2.34. The zero-order valence-electron chi connectivity index (χ0n) is 12.3. The van der Waals surface area contributed by atoms with E-state index in [0.717, 1.165) is 13.0 Å². The lowest BCUT2D eigenvalue weighted by molar-refractivity contribution is 0.400. The predicted molar refractivity (Wildman–Crippen MR) is 80.3 cm³/mol. The maximum atomic E-state index is 4.31. The van der Waals surface area contributed by atoms with Crippen molar-refractivity contribution in [2.24, 2.45) is 0 Å². The van der Waals surface area contributed by atoms with Crippen molar-refractivity contribution in [1.29, 1.82) is 0 Å². The average molecular weight is 257 g/mol. The number of nitrogens with zero attached hydrogens (tertiary/aromatic N) is 2. The fourth-order valence-electron chi connectivity index (χ4n) is 2.20. The van der Waals surface area contributed by atoms with Gasteiger partial charge in [-0.05, 0) is 52.4 Å². The molecule has 0 atom stereocenters. The van der Waals surface area contributed by atoms with E-state index in [1.165, 1.54) is 16.8 Å². The maximum Gasteiger partial charge on any atom is 0.0955 e. The number of hydrogen-bond donors (Lipinski definition) is 1. The van der Waals surface area contributed by atoms with Crippen LogP contribution in [0.4, 0.5) is 0 Å². The molecule has 0 spiro atoms. The minimum Gasteiger partial charge on any atom is -0.325 e. The fourth-order valence-corrected chi connectivity index (χ4v) is 2.20. The van der Waals surface area contributed by atoms with Gasteiger partial charge in [0.15, 0.2) is 0 Å². The molecule has 1 N–H and O–H groups in total. The lowest BCUT2D eigenvalue weighted by Crippen LogP contribution is -2.21. The Morgan fingerprint density at radius 1 is 1.26 bits per heavy atom. The van der Waals surface area contributed by atoms with Crippen molar-refractivity contribution >= 4 is 0 Å². The van der Waals surface area contributed by atoms with E-state index in [9.17, 15) is 0 Å². The summed E-state index contributed by atoms with van der Waals surface area (Å²) < 4.78 is 2.23. The lowest BCUT2D eigenvalue weighted by Gasteiger charge is -2.23. The van der Waals surface area contributed by atoms with Gasteiger partial charge in [0.2, 0.25) is 0 Å². The quantitative estimate of drug-likeness (QED) is 0.912. The van der Waals surface area contributed by atoms with Crippen LogP contribution in [0, 0.1) is 0 Å². The highest BCUT2D eigenvalue weighted by Gasteiger charge is 2.17. The summed E-state index contributed by atoms with van der Waals surface area (Å²) in [5, 5.41) is 3.19. The summed E-state index contributed by atoms with van der Waals surface area (Å²) in [6.45, 7) is 7.59. The molecule has 2 aromatic rings. The Morgan fingerprint density at radius 3 is 2.74 bits per heavy atom. The molecule has 1 aromatic heterocycles. The highest BCUT2D eigenvalue weighted by Crippen LogP contribution is 2.26. The first-order valence-electron chi connectivity index (χ1n) is 6.79. The Bertz CT molecular complexity index is 535. The molecule has 3 nitrogen and oxygen atoms in total. The number of nitrogens with one attached hydrogen (secondary N) is 1. The third kappa shape index (κ3) is 3.24. The van der Waals surface area contributed by atoms with Crippen LogP contribution >= 0.6 is 0 Å². The molecule has 0 saturated heterocycles. The molecule has 102 valence electrons. The fraction of sp³-hybridized carbons (Fsp3) is 0.438. The van der Waals surface area contributed by atoms with Gasteiger partial charge in [-0.1, -0.05) is 18.2 Å². The first-order valence-corrected chi connectivity index (χ1v) is 6.79. The van der Waals surface area contributed by atoms with Crippen LogP contribution in [0.3, 0.4) is 0 Å². The molecule has 1 aromatic carbocycles. The highest BCUT2D eigenvalue weighted by molar-refractivity contribution is 5.60. The molecule has 0 unspecified atom stereocenters. The summed E-state index contributed by atoms with van der Waals surface area (Å²) >= 11 is 0. The summed E-state index contributed by atoms with van der Waals surface area (Å²) in [7, 11) is 1.98. The summed E-state index contributed by atoms with van der Waals surface area (Å²) in [6, 6.07) is 8.72. The van der Waals surface area contributed by atoms with E-state index >= 15 is 0 Å². The summed E-state index contributed by atoms with van der Waals surface area (Å²) in [5.41, 5.74) is 3.82. The minimum absolute atomic E-state index is 0.0484. The first-order chi connectivity index (χ1) is 9.02. The third-order valence-electron chi connectivity index (χ3n) is 3.25. The molecule has 0 fully saturated rings. The van der Waals surface area contributed by atoms with Crippen LogP contribution in [0.5, 0.6) is 0 Å². The topological polar surface area (TPSA) is 29.9 Å². The Labute approximate surface area is 115 Å². The molecule has 0 radical (unpaired) electrons. The third-order valence-corrected chi connectivity index (χ3v) is 3.25. The molecule has 0 aliphatic carbocycles. The van der Waals surface area contributed by atoms with Gasteiger partial charge in [0.1, 0.15) is 0 Å². The first kappa shape index (κ1) is 13.8. The Kier molecular flexibility index (Phi) is 4.05. The molecule has 2 rings (SSSR count). The molecule has 0 saturated carbocycles. The Hall–Kier alpha value is -1.61. The largest absolute Gasteiger partial charge is 0.325 e. The molecule has 3 heteroatoms. The van der Waals surface area contributed by atoms with Crippen molar-refractivity contribution in [3.8, 4) is 11.3 Å². The zero-order chi connectivity index (χ0) is 13.9. The van der Waals surface area contributed by atoms with Crippen LogP contribution < -0.4 is 5.32 Å². The normalized spacial score (nSPS) is 11.8. The van der Waals surface area contributed by atoms with Crippen molar-refractivity contribution in [2.45, 2.75) is 32.7 Å². The molecule has 0 amide bonds.